The van der Waals surface area contributed by atoms with Crippen molar-refractivity contribution < 1.29 is 35.6 Å². The molecule has 12 rings (SSSR count). The van der Waals surface area contributed by atoms with Gasteiger partial charge in [-0.15, -0.1) is 0 Å². The zero-order chi connectivity index (χ0) is 63.6. The fraction of sp³-hybridized carbons (Fsp3) is 0. The Kier molecular flexibility index (Phi) is 4.35. The van der Waals surface area contributed by atoms with E-state index in [1.165, 1.54) is 4.57 Å². The van der Waals surface area contributed by atoms with Gasteiger partial charge in [0.15, 0.2) is 0 Å². The Morgan fingerprint density at radius 3 is 1.19 bits per heavy atom. The molecule has 2 heteroatoms. The second-order valence-corrected chi connectivity index (χ2v) is 14.1. The number of hydrogen-bond acceptors (Lipinski definition) is 0. The van der Waals surface area contributed by atoms with Gasteiger partial charge < -0.3 is 9.13 Å². The smallest absolute Gasteiger partial charge is 0.0651 e. The van der Waals surface area contributed by atoms with Crippen molar-refractivity contribution in [2.75, 3.05) is 0 Å². The molecule has 2 heterocycles. The van der Waals surface area contributed by atoms with Crippen LogP contribution in [0.3, 0.4) is 0 Å². The van der Waals surface area contributed by atoms with E-state index in [1.54, 1.807) is 71.3 Å². The van der Waals surface area contributed by atoms with Crippen LogP contribution in [0, 0.1) is 0 Å². The molecule has 0 saturated heterocycles. The summed E-state index contributed by atoms with van der Waals surface area (Å²) in [7, 11) is 0. The monoisotopic (exact) mass is 814 g/mol. The predicted molar refractivity (Wildman–Crippen MR) is 262 cm³/mol. The first-order chi connectivity index (χ1) is 41.6. The Morgan fingerprint density at radius 1 is 0.258 bits per heavy atom. The van der Waals surface area contributed by atoms with E-state index >= 15 is 0 Å². The van der Waals surface area contributed by atoms with Crippen LogP contribution in [-0.2, 0) is 0 Å². The zero-order valence-electron chi connectivity index (χ0n) is 58.0. The molecule has 62 heavy (non-hydrogen) atoms. The highest BCUT2D eigenvalue weighted by Crippen LogP contribution is 2.39. The van der Waals surface area contributed by atoms with E-state index in [-0.39, 0.29) is 11.4 Å². The molecule has 0 amide bonds. The normalized spacial score (nSPS) is 17.4. The van der Waals surface area contributed by atoms with Crippen LogP contribution in [-0.4, -0.2) is 9.13 Å². The van der Waals surface area contributed by atoms with Gasteiger partial charge in [-0.3, -0.25) is 0 Å². The van der Waals surface area contributed by atoms with Crippen LogP contribution < -0.4 is 0 Å². The van der Waals surface area contributed by atoms with E-state index in [0.29, 0.717) is 54.7 Å². The fourth-order valence-corrected chi connectivity index (χ4v) is 7.81. The lowest BCUT2D eigenvalue weighted by molar-refractivity contribution is 1.18. The lowest BCUT2D eigenvalue weighted by atomic mass is 9.97. The Morgan fingerprint density at radius 2 is 0.645 bits per heavy atom. The Balaban J connectivity index is 1.00. The van der Waals surface area contributed by atoms with Crippen molar-refractivity contribution in [1.29, 1.82) is 0 Å². The van der Waals surface area contributed by atoms with Gasteiger partial charge in [0.2, 0.25) is 0 Å². The molecule has 0 spiro atoms. The summed E-state index contributed by atoms with van der Waals surface area (Å²) in [6.45, 7) is 0. The van der Waals surface area contributed by atoms with Crippen molar-refractivity contribution in [2.24, 2.45) is 0 Å². The maximum atomic E-state index is 9.56. The molecule has 0 N–H and O–H groups in total. The van der Waals surface area contributed by atoms with E-state index in [9.17, 15) is 8.22 Å². The fourth-order valence-electron chi connectivity index (χ4n) is 7.81. The molecule has 0 saturated carbocycles. The summed E-state index contributed by atoms with van der Waals surface area (Å²) in [5, 5.41) is 2.51. The van der Waals surface area contributed by atoms with Gasteiger partial charge in [0.1, 0.15) is 0 Å². The molecule has 0 unspecified atom stereocenters. The third-order valence-corrected chi connectivity index (χ3v) is 10.6. The summed E-state index contributed by atoms with van der Waals surface area (Å²) in [6, 6.07) is 4.99. The minimum absolute atomic E-state index is 0.159. The molecule has 0 aliphatic carbocycles. The largest absolute Gasteiger partial charge is 0.309 e. The van der Waals surface area contributed by atoms with E-state index in [2.05, 4.69) is 0 Å². The lowest BCUT2D eigenvalue weighted by Crippen LogP contribution is -1.94. The van der Waals surface area contributed by atoms with E-state index in [0.717, 1.165) is 0 Å². The highest BCUT2D eigenvalue weighted by atomic mass is 15.0. The van der Waals surface area contributed by atoms with Gasteiger partial charge >= 0.3 is 0 Å². The average molecular weight is 815 g/mol. The molecule has 0 fully saturated rings. The van der Waals surface area contributed by atoms with Crippen LogP contribution in [0.4, 0.5) is 0 Å². The summed E-state index contributed by atoms with van der Waals surface area (Å²) in [6.07, 6.45) is 0. The molecule has 0 aliphatic rings. The molecule has 290 valence electrons. The topological polar surface area (TPSA) is 9.86 Å². The van der Waals surface area contributed by atoms with Crippen molar-refractivity contribution in [3.63, 3.8) is 0 Å². The number of para-hydroxylation sites is 2. The molecule has 0 radical (unpaired) electrons. The van der Waals surface area contributed by atoms with Gasteiger partial charge in [-0.1, -0.05) is 175 Å². The highest BCUT2D eigenvalue weighted by Gasteiger charge is 2.17. The Hall–Kier alpha value is -8.20. The van der Waals surface area contributed by atoms with Gasteiger partial charge in [-0.2, -0.15) is 0 Å². The molecule has 0 aliphatic heterocycles. The molecule has 0 bridgehead atoms. The first kappa shape index (κ1) is 18.2. The number of benzene rings is 10. The lowest BCUT2D eigenvalue weighted by Gasteiger charge is -2.11. The minimum atomic E-state index is -0.942. The van der Waals surface area contributed by atoms with E-state index in [1.807, 2.05) is 18.2 Å². The summed E-state index contributed by atoms with van der Waals surface area (Å²) in [5.41, 5.74) is -2.23. The van der Waals surface area contributed by atoms with Crippen LogP contribution in [0.1, 0.15) is 35.6 Å². The van der Waals surface area contributed by atoms with Crippen molar-refractivity contribution in [2.45, 2.75) is 0 Å². The maximum Gasteiger partial charge on any atom is 0.0651 e. The number of fused-ring (bicyclic) bond motifs is 6. The van der Waals surface area contributed by atoms with Gasteiger partial charge in [0.05, 0.1) is 57.7 Å². The standard InChI is InChI=1S/C60H40N2/c1-3-13-41(14-4-1)43-25-27-44(28-26-43)46-17-11-18-47(37-46)45-29-33-51(34-30-45)61-57-23-9-7-21-53(57)55-39-49(31-35-59(55)61)50-32-36-60-56(40-50)54-22-8-10-24-58(54)62(60)52-20-12-19-48(38-52)42-15-5-2-6-16-42/h1-40H/i1D,2D,3D,4D,5D,6D,11D,12D,13D,14D,15D,16D,17D,18D,19D,20D,25D,26D,27D,28D,29D,30D,33D,34D,37D,38D. The van der Waals surface area contributed by atoms with Gasteiger partial charge in [0, 0.05) is 32.9 Å². The third kappa shape index (κ3) is 6.12. The van der Waals surface area contributed by atoms with Crippen LogP contribution in [0.2, 0.25) is 0 Å². The second kappa shape index (κ2) is 14.8. The summed E-state index contributed by atoms with van der Waals surface area (Å²) < 4.78 is 233. The van der Waals surface area contributed by atoms with Gasteiger partial charge in [-0.05, 0) is 122 Å². The SMILES string of the molecule is [2H]c1c([2H])c([2H])c(-c2c([2H])c([2H])c(-c3c([2H])c([2H])c([2H])c(-c4c([2H])c([2H])c(-n5c6ccccc6c6cc(-c7ccc8c(c7)c7ccccc7n8-c7c([2H])c([2H])c([2H])c(-c8c([2H])c([2H])c([2H])c([2H])c8[2H])c7[2H])ccc65)c([2H])c4[2H])c3[2H])c([2H])c2[2H])c([2H])c1[2H]. The molecule has 2 nitrogen and oxygen atoms in total. The van der Waals surface area contributed by atoms with E-state index < -0.39 is 202 Å². The zero-order valence-corrected chi connectivity index (χ0v) is 32.0. The Bertz CT molecular complexity index is 5060. The summed E-state index contributed by atoms with van der Waals surface area (Å²) >= 11 is 0. The van der Waals surface area contributed by atoms with Crippen LogP contribution in [0.25, 0.3) is 111 Å². The van der Waals surface area contributed by atoms with Gasteiger partial charge in [0.25, 0.3) is 0 Å². The first-order valence-electron chi connectivity index (χ1n) is 32.2. The quantitative estimate of drug-likeness (QED) is 0.152. The second-order valence-electron chi connectivity index (χ2n) is 14.1. The minimum Gasteiger partial charge on any atom is -0.309 e. The van der Waals surface area contributed by atoms with Crippen molar-refractivity contribution in [3.8, 4) is 67.0 Å². The number of nitrogens with zero attached hydrogens (tertiary/aromatic N) is 2. The van der Waals surface area contributed by atoms with Crippen molar-refractivity contribution in [3.05, 3.63) is 242 Å². The molecular weight excluding hydrogens is 749 g/mol. The first-order valence-corrected chi connectivity index (χ1v) is 19.2. The predicted octanol–water partition coefficient (Wildman–Crippen LogP) is 16.2. The Labute approximate surface area is 397 Å². The van der Waals surface area contributed by atoms with Crippen molar-refractivity contribution >= 4 is 43.6 Å². The summed E-state index contributed by atoms with van der Waals surface area (Å²) in [5.74, 6) is 0. The highest BCUT2D eigenvalue weighted by molar-refractivity contribution is 6.12. The molecule has 0 atom stereocenters. The molecule has 12 aromatic rings. The third-order valence-electron chi connectivity index (χ3n) is 10.6. The molecule has 2 aromatic heterocycles. The van der Waals surface area contributed by atoms with Gasteiger partial charge in [-0.25, -0.2) is 0 Å². The summed E-state index contributed by atoms with van der Waals surface area (Å²) in [4.78, 5) is 0. The maximum absolute atomic E-state index is 9.56. The number of rotatable bonds is 7. The van der Waals surface area contributed by atoms with Crippen LogP contribution in [0.15, 0.2) is 242 Å². The molecular formula is C60H40N2. The number of aromatic nitrogens is 2. The van der Waals surface area contributed by atoms with Crippen LogP contribution >= 0.6 is 0 Å². The average Bonchev–Trinajstić information content (AvgIpc) is 1.31. The number of hydrogen-bond donors (Lipinski definition) is 0. The van der Waals surface area contributed by atoms with Crippen LogP contribution in [0.5, 0.6) is 0 Å². The molecule has 10 aromatic carbocycles. The van der Waals surface area contributed by atoms with Crippen molar-refractivity contribution in [1.82, 2.24) is 9.13 Å². The van der Waals surface area contributed by atoms with E-state index in [4.69, 9.17) is 27.4 Å².